The summed E-state index contributed by atoms with van der Waals surface area (Å²) < 4.78 is 0. The number of pyridine rings is 1. The predicted octanol–water partition coefficient (Wildman–Crippen LogP) is 2.33. The van der Waals surface area contributed by atoms with Gasteiger partial charge in [0.15, 0.2) is 5.65 Å². The molecule has 0 atom stereocenters. The lowest BCUT2D eigenvalue weighted by Gasteiger charge is -2.01. The zero-order chi connectivity index (χ0) is 8.55. The third-order valence-electron chi connectivity index (χ3n) is 1.90. The topological polar surface area (TPSA) is 41.6 Å². The van der Waals surface area contributed by atoms with Crippen LogP contribution in [0.15, 0.2) is 18.5 Å². The van der Waals surface area contributed by atoms with Crippen LogP contribution in [0.3, 0.4) is 0 Å². The maximum absolute atomic E-state index is 4.39. The molecule has 3 nitrogen and oxygen atoms in total. The minimum atomic E-state index is 0. The number of aromatic amines is 1. The van der Waals surface area contributed by atoms with Crippen LogP contribution in [0.4, 0.5) is 0 Å². The zero-order valence-electron chi connectivity index (χ0n) is 7.20. The molecule has 0 radical (unpaired) electrons. The smallest absolute Gasteiger partial charge is 0.177 e. The molecular formula is C9H13N3. The van der Waals surface area contributed by atoms with Crippen molar-refractivity contribution in [3.63, 3.8) is 0 Å². The number of fused-ring (bicyclic) bond motifs is 1. The zero-order valence-corrected chi connectivity index (χ0v) is 7.20. The van der Waals surface area contributed by atoms with Crippen molar-refractivity contribution in [3.8, 4) is 0 Å². The van der Waals surface area contributed by atoms with Gasteiger partial charge in [-0.05, 0) is 18.1 Å². The monoisotopic (exact) mass is 163 g/mol. The minimum absolute atomic E-state index is 0. The lowest BCUT2D eigenvalue weighted by Crippen LogP contribution is -1.91. The summed E-state index contributed by atoms with van der Waals surface area (Å²) in [6, 6.07) is 4.05. The van der Waals surface area contributed by atoms with Gasteiger partial charge in [-0.2, -0.15) is 0 Å². The minimum Gasteiger partial charge on any atom is -0.343 e. The summed E-state index contributed by atoms with van der Waals surface area (Å²) >= 11 is 0. The van der Waals surface area contributed by atoms with E-state index in [0.29, 0.717) is 5.92 Å². The van der Waals surface area contributed by atoms with Gasteiger partial charge in [0.2, 0.25) is 0 Å². The van der Waals surface area contributed by atoms with Gasteiger partial charge in [0, 0.05) is 7.12 Å². The van der Waals surface area contributed by atoms with Gasteiger partial charge in [0.05, 0.1) is 11.8 Å². The Morgan fingerprint density at radius 1 is 1.42 bits per heavy atom. The second kappa shape index (κ2) is 2.59. The molecule has 0 aliphatic carbocycles. The summed E-state index contributed by atoms with van der Waals surface area (Å²) in [5, 5.41) is 0. The van der Waals surface area contributed by atoms with Crippen molar-refractivity contribution in [2.75, 3.05) is 0 Å². The Morgan fingerprint density at radius 2 is 2.25 bits per heavy atom. The molecule has 2 aromatic rings. The van der Waals surface area contributed by atoms with Crippen LogP contribution in [-0.2, 0) is 0 Å². The molecule has 0 saturated carbocycles. The summed E-state index contributed by atoms with van der Waals surface area (Å²) in [6.45, 7) is 4.25. The number of aromatic nitrogens is 3. The first-order chi connectivity index (χ1) is 5.77. The van der Waals surface area contributed by atoms with E-state index in [4.69, 9.17) is 0 Å². The molecule has 0 unspecified atom stereocenters. The Balaban J connectivity index is 0.000000845. The van der Waals surface area contributed by atoms with Crippen LogP contribution in [-0.4, -0.2) is 15.0 Å². The third kappa shape index (κ3) is 1.07. The summed E-state index contributed by atoms with van der Waals surface area (Å²) in [4.78, 5) is 11.5. The van der Waals surface area contributed by atoms with Crippen molar-refractivity contribution in [2.24, 2.45) is 0 Å². The summed E-state index contributed by atoms with van der Waals surface area (Å²) in [6.07, 6.45) is 1.67. The lowest BCUT2D eigenvalue weighted by atomic mass is 10.1. The molecular weight excluding hydrogens is 150 g/mol. The molecule has 0 saturated heterocycles. The molecule has 0 aliphatic heterocycles. The van der Waals surface area contributed by atoms with E-state index in [2.05, 4.69) is 28.8 Å². The Kier molecular flexibility index (Phi) is 1.57. The number of hydrogen-bond donors (Lipinski definition) is 1. The highest BCUT2D eigenvalue weighted by Gasteiger charge is 2.02. The SMILES string of the molecule is CC(C)c1ccc2[nH]cnc2n1.[HH]. The van der Waals surface area contributed by atoms with Crippen molar-refractivity contribution < 1.29 is 1.43 Å². The molecule has 0 bridgehead atoms. The van der Waals surface area contributed by atoms with Gasteiger partial charge in [0.25, 0.3) is 0 Å². The summed E-state index contributed by atoms with van der Waals surface area (Å²) in [5.74, 6) is 0.464. The van der Waals surface area contributed by atoms with Gasteiger partial charge in [0.1, 0.15) is 0 Å². The molecule has 12 heavy (non-hydrogen) atoms. The van der Waals surface area contributed by atoms with Crippen molar-refractivity contribution in [1.29, 1.82) is 0 Å². The highest BCUT2D eigenvalue weighted by Crippen LogP contribution is 2.14. The molecule has 2 heterocycles. The number of nitrogens with zero attached hydrogens (tertiary/aromatic N) is 2. The van der Waals surface area contributed by atoms with Gasteiger partial charge in [-0.1, -0.05) is 13.8 Å². The largest absolute Gasteiger partial charge is 0.343 e. The number of nitrogens with one attached hydrogen (secondary N) is 1. The molecule has 0 amide bonds. The Labute approximate surface area is 72.3 Å². The average Bonchev–Trinajstić information content (AvgIpc) is 2.49. The Morgan fingerprint density at radius 3 is 3.00 bits per heavy atom. The normalized spacial score (nSPS) is 11.2. The van der Waals surface area contributed by atoms with Crippen molar-refractivity contribution in [1.82, 2.24) is 15.0 Å². The van der Waals surface area contributed by atoms with Crippen molar-refractivity contribution >= 4 is 11.2 Å². The van der Waals surface area contributed by atoms with Crippen LogP contribution in [0.1, 0.15) is 26.9 Å². The number of rotatable bonds is 1. The number of hydrogen-bond acceptors (Lipinski definition) is 2. The molecule has 0 aromatic carbocycles. The van der Waals surface area contributed by atoms with Crippen LogP contribution >= 0.6 is 0 Å². The second-order valence-electron chi connectivity index (χ2n) is 3.16. The molecule has 3 heteroatoms. The fraction of sp³-hybridized carbons (Fsp3) is 0.333. The lowest BCUT2D eigenvalue weighted by molar-refractivity contribution is 0.828. The quantitative estimate of drug-likeness (QED) is 0.701. The van der Waals surface area contributed by atoms with E-state index in [-0.39, 0.29) is 1.43 Å². The van der Waals surface area contributed by atoms with Gasteiger partial charge in [-0.15, -0.1) is 0 Å². The standard InChI is InChI=1S/C9H11N3.H2/c1-6(2)7-3-4-8-9(12-7)11-5-10-8;/h3-6H,1-2H3,(H,10,11,12);1H. The van der Waals surface area contributed by atoms with E-state index in [1.165, 1.54) is 0 Å². The van der Waals surface area contributed by atoms with E-state index in [0.717, 1.165) is 16.9 Å². The molecule has 1 N–H and O–H groups in total. The maximum Gasteiger partial charge on any atom is 0.177 e. The van der Waals surface area contributed by atoms with Crippen molar-refractivity contribution in [3.05, 3.63) is 24.2 Å². The first-order valence-corrected chi connectivity index (χ1v) is 4.07. The average molecular weight is 163 g/mol. The van der Waals surface area contributed by atoms with E-state index in [9.17, 15) is 0 Å². The number of imidazole rings is 1. The van der Waals surface area contributed by atoms with E-state index in [1.54, 1.807) is 6.33 Å². The van der Waals surface area contributed by atoms with Crippen LogP contribution in [0.25, 0.3) is 11.2 Å². The fourth-order valence-electron chi connectivity index (χ4n) is 1.16. The molecule has 2 rings (SSSR count). The summed E-state index contributed by atoms with van der Waals surface area (Å²) in [5.41, 5.74) is 2.90. The fourth-order valence-corrected chi connectivity index (χ4v) is 1.16. The van der Waals surface area contributed by atoms with E-state index >= 15 is 0 Å². The van der Waals surface area contributed by atoms with Crippen LogP contribution in [0.2, 0.25) is 0 Å². The highest BCUT2D eigenvalue weighted by atomic mass is 15.0. The van der Waals surface area contributed by atoms with E-state index in [1.807, 2.05) is 12.1 Å². The van der Waals surface area contributed by atoms with Gasteiger partial charge >= 0.3 is 0 Å². The van der Waals surface area contributed by atoms with Crippen LogP contribution < -0.4 is 0 Å². The second-order valence-corrected chi connectivity index (χ2v) is 3.16. The third-order valence-corrected chi connectivity index (χ3v) is 1.90. The first-order valence-electron chi connectivity index (χ1n) is 4.07. The molecule has 0 aliphatic rings. The molecule has 0 spiro atoms. The van der Waals surface area contributed by atoms with Crippen molar-refractivity contribution in [2.45, 2.75) is 19.8 Å². The Bertz CT molecular complexity index is 394. The maximum atomic E-state index is 4.39. The van der Waals surface area contributed by atoms with Crippen LogP contribution in [0, 0.1) is 0 Å². The molecule has 64 valence electrons. The Hall–Kier alpha value is -1.38. The molecule has 0 fully saturated rings. The van der Waals surface area contributed by atoms with E-state index < -0.39 is 0 Å². The summed E-state index contributed by atoms with van der Waals surface area (Å²) in [7, 11) is 0. The molecule has 2 aromatic heterocycles. The number of H-pyrrole nitrogens is 1. The van der Waals surface area contributed by atoms with Gasteiger partial charge in [-0.3, -0.25) is 0 Å². The van der Waals surface area contributed by atoms with Gasteiger partial charge in [-0.25, -0.2) is 9.97 Å². The predicted molar refractivity (Wildman–Crippen MR) is 50.1 cm³/mol. The van der Waals surface area contributed by atoms with Gasteiger partial charge < -0.3 is 4.98 Å². The first kappa shape index (κ1) is 7.28. The van der Waals surface area contributed by atoms with Crippen LogP contribution in [0.5, 0.6) is 0 Å². The highest BCUT2D eigenvalue weighted by molar-refractivity contribution is 5.69.